The third kappa shape index (κ3) is 31.8. The lowest BCUT2D eigenvalue weighted by Gasteiger charge is -2.39. The number of ether oxygens (including phenoxy) is 4. The van der Waals surface area contributed by atoms with Gasteiger partial charge in [0.15, 0.2) is 0 Å². The second-order valence-electron chi connectivity index (χ2n) is 16.2. The maximum absolute atomic E-state index is 12.5. The predicted molar refractivity (Wildman–Crippen MR) is 242 cm³/mol. The number of carbonyl (C=O) groups excluding carboxylic acids is 1. The van der Waals surface area contributed by atoms with Gasteiger partial charge in [-0.1, -0.05) is 69.2 Å². The summed E-state index contributed by atoms with van der Waals surface area (Å²) < 4.78 is 21.7. The monoisotopic (exact) mass is 844 g/mol. The highest BCUT2D eigenvalue weighted by molar-refractivity contribution is 5.73. The van der Waals surface area contributed by atoms with Crippen molar-refractivity contribution in [3.05, 3.63) is 0 Å². The molecule has 13 nitrogen and oxygen atoms in total. The molecule has 58 heavy (non-hydrogen) atoms. The fourth-order valence-corrected chi connectivity index (χ4v) is 6.23. The van der Waals surface area contributed by atoms with Gasteiger partial charge in [-0.05, 0) is 126 Å². The van der Waals surface area contributed by atoms with E-state index in [1.54, 1.807) is 34.8 Å². The van der Waals surface area contributed by atoms with E-state index < -0.39 is 53.7 Å². The topological polar surface area (TPSA) is 182 Å². The molecule has 0 aliphatic heterocycles. The van der Waals surface area contributed by atoms with Crippen LogP contribution in [0.1, 0.15) is 143 Å². The van der Waals surface area contributed by atoms with Crippen LogP contribution in [-0.2, 0) is 23.7 Å². The summed E-state index contributed by atoms with van der Waals surface area (Å²) in [4.78, 5) is 14.7. The first-order chi connectivity index (χ1) is 27.0. The van der Waals surface area contributed by atoms with E-state index in [2.05, 4.69) is 57.3 Å². The van der Waals surface area contributed by atoms with Crippen LogP contribution in [-0.4, -0.2) is 159 Å². The van der Waals surface area contributed by atoms with Crippen molar-refractivity contribution >= 4 is 5.97 Å². The lowest BCUT2D eigenvalue weighted by Crippen LogP contribution is -2.46. The summed E-state index contributed by atoms with van der Waals surface area (Å²) in [6.45, 7) is 33.8. The average Bonchev–Trinajstić information content (AvgIpc) is 3.19. The van der Waals surface area contributed by atoms with Crippen LogP contribution in [0, 0.1) is 23.2 Å². The van der Waals surface area contributed by atoms with Crippen molar-refractivity contribution in [3.63, 3.8) is 0 Å². The van der Waals surface area contributed by atoms with Crippen LogP contribution in [0.5, 0.6) is 0 Å². The van der Waals surface area contributed by atoms with E-state index in [-0.39, 0.29) is 24.4 Å². The van der Waals surface area contributed by atoms with Gasteiger partial charge in [0, 0.05) is 32.3 Å². The molecular weight excluding hydrogens is 743 g/mol. The molecule has 13 heteroatoms. The zero-order valence-corrected chi connectivity index (χ0v) is 41.6. The van der Waals surface area contributed by atoms with Crippen LogP contribution in [0.4, 0.5) is 0 Å². The van der Waals surface area contributed by atoms with Crippen molar-refractivity contribution in [2.24, 2.45) is 23.2 Å². The van der Waals surface area contributed by atoms with Gasteiger partial charge in [0.05, 0.1) is 48.6 Å². The number of nitrogens with one attached hydrogen (secondary N) is 2. The average molecular weight is 844 g/mol. The molecule has 0 saturated carbocycles. The highest BCUT2D eigenvalue weighted by atomic mass is 16.6. The Morgan fingerprint density at radius 1 is 0.759 bits per heavy atom. The fourth-order valence-electron chi connectivity index (χ4n) is 6.23. The Labute approximate surface area is 358 Å². The van der Waals surface area contributed by atoms with Gasteiger partial charge >= 0.3 is 5.97 Å². The molecule has 0 aliphatic rings. The molecule has 356 valence electrons. The summed E-state index contributed by atoms with van der Waals surface area (Å²) in [7, 11) is 9.81. The van der Waals surface area contributed by atoms with Crippen LogP contribution >= 0.6 is 0 Å². The molecule has 0 fully saturated rings. The number of hydrogen-bond donors (Lipinski definition) is 7. The van der Waals surface area contributed by atoms with Crippen molar-refractivity contribution < 1.29 is 49.3 Å². The van der Waals surface area contributed by atoms with E-state index in [0.29, 0.717) is 18.4 Å². The van der Waals surface area contributed by atoms with Gasteiger partial charge < -0.3 is 60.0 Å². The first kappa shape index (κ1) is 66.1. The molecular formula is C45H101N3O10. The Hall–Kier alpha value is -0.970. The minimum Gasteiger partial charge on any atom is -0.459 e. The molecule has 0 aromatic carbocycles. The van der Waals surface area contributed by atoms with Crippen LogP contribution in [0.3, 0.4) is 0 Å². The number of likely N-dealkylation sites (N-methyl/N-ethyl adjacent to an activating group) is 1. The molecule has 0 bridgehead atoms. The fraction of sp³-hybridized carbons (Fsp3) is 0.978. The number of rotatable bonds is 27. The number of hydrogen-bond acceptors (Lipinski definition) is 13. The SMILES string of the molecule is CC.CC.CCCOC(C)[C@@H](C)O.CC[C@@H](OC(=O)C(C)[C@@H](O)[C@H](C)[C@@H](O)C(C)(C)C[C@@H](C)CNC)C(O)C(C)O.CNCCCO[C@@H](C)C(CC(C)OC)N(C)C. The first-order valence-electron chi connectivity index (χ1n) is 22.3. The maximum Gasteiger partial charge on any atom is 0.311 e. The van der Waals surface area contributed by atoms with Gasteiger partial charge in [-0.3, -0.25) is 4.79 Å². The molecule has 0 amide bonds. The van der Waals surface area contributed by atoms with Gasteiger partial charge in [-0.2, -0.15) is 0 Å². The second kappa shape index (κ2) is 40.1. The normalized spacial score (nSPS) is 18.1. The van der Waals surface area contributed by atoms with E-state index in [1.807, 2.05) is 62.6 Å². The van der Waals surface area contributed by atoms with Crippen molar-refractivity contribution in [1.29, 1.82) is 0 Å². The zero-order chi connectivity index (χ0) is 46.8. The van der Waals surface area contributed by atoms with Gasteiger partial charge in [-0.25, -0.2) is 0 Å². The summed E-state index contributed by atoms with van der Waals surface area (Å²) >= 11 is 0. The van der Waals surface area contributed by atoms with E-state index in [9.17, 15) is 25.2 Å². The van der Waals surface area contributed by atoms with Crippen molar-refractivity contribution in [3.8, 4) is 0 Å². The molecule has 0 radical (unpaired) electrons. The number of methoxy groups -OCH3 is 1. The molecule has 0 aromatic heterocycles. The second-order valence-corrected chi connectivity index (χ2v) is 16.2. The molecule has 13 atom stereocenters. The van der Waals surface area contributed by atoms with Crippen LogP contribution in [0.25, 0.3) is 0 Å². The van der Waals surface area contributed by atoms with Crippen molar-refractivity contribution in [1.82, 2.24) is 15.5 Å². The van der Waals surface area contributed by atoms with Gasteiger partial charge in [0.2, 0.25) is 0 Å². The minimum absolute atomic E-state index is 0.0232. The molecule has 0 saturated heterocycles. The van der Waals surface area contributed by atoms with Crippen LogP contribution in [0.15, 0.2) is 0 Å². The zero-order valence-electron chi connectivity index (χ0n) is 41.6. The number of aliphatic hydroxyl groups is 5. The third-order valence-electron chi connectivity index (χ3n) is 10.1. The summed E-state index contributed by atoms with van der Waals surface area (Å²) in [5.74, 6) is -1.71. The number of aliphatic hydroxyl groups excluding tert-OH is 5. The molecule has 0 rings (SSSR count). The smallest absolute Gasteiger partial charge is 0.311 e. The number of carbonyl (C=O) groups is 1. The van der Waals surface area contributed by atoms with Crippen LogP contribution in [0.2, 0.25) is 0 Å². The van der Waals surface area contributed by atoms with Crippen molar-refractivity contribution in [2.75, 3.05) is 61.6 Å². The third-order valence-corrected chi connectivity index (χ3v) is 10.1. The van der Waals surface area contributed by atoms with Gasteiger partial charge in [-0.15, -0.1) is 0 Å². The molecule has 0 heterocycles. The highest BCUT2D eigenvalue weighted by Gasteiger charge is 2.40. The van der Waals surface area contributed by atoms with Crippen molar-refractivity contribution in [2.45, 2.75) is 204 Å². The van der Waals surface area contributed by atoms with E-state index >= 15 is 0 Å². The highest BCUT2D eigenvalue weighted by Crippen LogP contribution is 2.35. The van der Waals surface area contributed by atoms with E-state index in [4.69, 9.17) is 24.1 Å². The Kier molecular flexibility index (Phi) is 45.8. The standard InChI is InChI=1S/C21H43NO6.C13H30N2O2.C7H16O2.2C2H6/c1-9-16(18(25)15(5)23)28-20(27)14(4)17(24)13(3)19(26)21(6,7)10-12(2)11-22-8;1-11(16-6)10-13(15(4)5)12(2)17-9-7-8-14-3;1-4-5-9-7(3)6(2)8;2*1-2/h12-19,22-26H,9-11H2,1-8H3;11-14H,7-10H2,1-6H3;6-8H,4-5H2,1-3H3;2*1-2H3/t12-,13+,14?,15?,16-,17+,18?,19-;11?,12-,13?;6-,7?;;/m101../s1. The Morgan fingerprint density at radius 2 is 1.28 bits per heavy atom. The minimum atomic E-state index is -1.19. The Bertz CT molecular complexity index is 884. The molecule has 0 spiro atoms. The molecule has 0 aliphatic carbocycles. The quantitative estimate of drug-likeness (QED) is 0.0384. The summed E-state index contributed by atoms with van der Waals surface area (Å²) in [6, 6.07) is 0.402. The number of esters is 1. The summed E-state index contributed by atoms with van der Waals surface area (Å²) in [5, 5.41) is 56.2. The predicted octanol–water partition coefficient (Wildman–Crippen LogP) is 5.91. The molecule has 6 unspecified atom stereocenters. The first-order valence-corrected chi connectivity index (χ1v) is 22.3. The Morgan fingerprint density at radius 3 is 1.67 bits per heavy atom. The van der Waals surface area contributed by atoms with Crippen LogP contribution < -0.4 is 10.6 Å². The van der Waals surface area contributed by atoms with Gasteiger partial charge in [0.25, 0.3) is 0 Å². The van der Waals surface area contributed by atoms with E-state index in [0.717, 1.165) is 52.0 Å². The summed E-state index contributed by atoms with van der Waals surface area (Å²) in [6.07, 6.45) is -0.654. The summed E-state index contributed by atoms with van der Waals surface area (Å²) in [5.41, 5.74) is -0.436. The van der Waals surface area contributed by atoms with Gasteiger partial charge in [0.1, 0.15) is 12.2 Å². The molecule has 0 aromatic rings. The molecule has 7 N–H and O–H groups in total. The maximum atomic E-state index is 12.5. The van der Waals surface area contributed by atoms with E-state index in [1.165, 1.54) is 6.92 Å². The Balaban J connectivity index is -0.000000263. The largest absolute Gasteiger partial charge is 0.459 e. The number of nitrogens with zero attached hydrogens (tertiary/aromatic N) is 1. The lowest BCUT2D eigenvalue weighted by atomic mass is 9.72. The lowest BCUT2D eigenvalue weighted by molar-refractivity contribution is -0.170.